The van der Waals surface area contributed by atoms with Gasteiger partial charge >= 0.3 is 0 Å². The Morgan fingerprint density at radius 3 is 2.56 bits per heavy atom. The second-order valence-corrected chi connectivity index (χ2v) is 5.06. The molecule has 2 N–H and O–H groups in total. The van der Waals surface area contributed by atoms with Gasteiger partial charge in [-0.3, -0.25) is 0 Å². The molecular formula is C12H24N2O2. The van der Waals surface area contributed by atoms with Crippen LogP contribution in [0.3, 0.4) is 0 Å². The smallest absolute Gasteiger partial charge is 0.0815 e. The normalized spacial score (nSPS) is 26.1. The van der Waals surface area contributed by atoms with Crippen molar-refractivity contribution in [2.75, 3.05) is 45.9 Å². The molecule has 0 aromatic carbocycles. The van der Waals surface area contributed by atoms with Crippen LogP contribution in [0.15, 0.2) is 0 Å². The molecule has 94 valence electrons. The van der Waals surface area contributed by atoms with E-state index in [1.54, 1.807) is 0 Å². The van der Waals surface area contributed by atoms with Gasteiger partial charge in [-0.05, 0) is 25.9 Å². The number of rotatable bonds is 5. The molecule has 0 unspecified atom stereocenters. The third kappa shape index (κ3) is 3.70. The van der Waals surface area contributed by atoms with Crippen molar-refractivity contribution in [3.05, 3.63) is 0 Å². The van der Waals surface area contributed by atoms with E-state index in [0.29, 0.717) is 19.8 Å². The van der Waals surface area contributed by atoms with Crippen molar-refractivity contribution in [3.63, 3.8) is 0 Å². The summed E-state index contributed by atoms with van der Waals surface area (Å²) in [7, 11) is 0. The number of ether oxygens (including phenoxy) is 1. The number of hydrogen-bond donors (Lipinski definition) is 2. The monoisotopic (exact) mass is 228 g/mol. The van der Waals surface area contributed by atoms with Crippen molar-refractivity contribution in [1.29, 1.82) is 0 Å². The predicted molar refractivity (Wildman–Crippen MR) is 63.5 cm³/mol. The molecule has 0 aromatic rings. The Balaban J connectivity index is 1.56. The largest absolute Gasteiger partial charge is 0.388 e. The van der Waals surface area contributed by atoms with Crippen LogP contribution in [-0.2, 0) is 4.74 Å². The Morgan fingerprint density at radius 2 is 1.88 bits per heavy atom. The van der Waals surface area contributed by atoms with E-state index in [0.717, 1.165) is 25.9 Å². The summed E-state index contributed by atoms with van der Waals surface area (Å²) in [5.41, 5.74) is -0.525. The molecule has 4 heteroatoms. The Bertz CT molecular complexity index is 199. The summed E-state index contributed by atoms with van der Waals surface area (Å²) >= 11 is 0. The number of nitrogens with one attached hydrogen (secondary N) is 1. The van der Waals surface area contributed by atoms with E-state index in [2.05, 4.69) is 10.2 Å². The highest BCUT2D eigenvalue weighted by molar-refractivity contribution is 4.83. The first kappa shape index (κ1) is 12.3. The van der Waals surface area contributed by atoms with Crippen molar-refractivity contribution < 1.29 is 9.84 Å². The molecule has 2 saturated heterocycles. The molecule has 2 aliphatic rings. The molecule has 2 fully saturated rings. The molecule has 0 aromatic heterocycles. The Morgan fingerprint density at radius 1 is 1.19 bits per heavy atom. The van der Waals surface area contributed by atoms with Crippen LogP contribution in [0.2, 0.25) is 0 Å². The molecule has 0 amide bonds. The fourth-order valence-electron chi connectivity index (χ4n) is 2.49. The molecular weight excluding hydrogens is 204 g/mol. The zero-order valence-electron chi connectivity index (χ0n) is 10.1. The molecule has 2 aliphatic heterocycles. The van der Waals surface area contributed by atoms with Gasteiger partial charge in [0.2, 0.25) is 0 Å². The number of aliphatic hydroxyl groups is 1. The van der Waals surface area contributed by atoms with Gasteiger partial charge < -0.3 is 20.1 Å². The number of nitrogens with zero attached hydrogens (tertiary/aromatic N) is 1. The molecule has 0 saturated carbocycles. The molecule has 16 heavy (non-hydrogen) atoms. The minimum absolute atomic E-state index is 0.525. The van der Waals surface area contributed by atoms with Crippen LogP contribution in [-0.4, -0.2) is 61.5 Å². The van der Waals surface area contributed by atoms with Crippen LogP contribution in [0.1, 0.15) is 25.7 Å². The van der Waals surface area contributed by atoms with Gasteiger partial charge in [0, 0.05) is 45.7 Å². The minimum atomic E-state index is -0.525. The van der Waals surface area contributed by atoms with Gasteiger partial charge in [0.1, 0.15) is 0 Å². The number of likely N-dealkylation sites (tertiary alicyclic amines) is 1. The van der Waals surface area contributed by atoms with Crippen LogP contribution in [0.5, 0.6) is 0 Å². The molecule has 0 aliphatic carbocycles. The summed E-state index contributed by atoms with van der Waals surface area (Å²) in [4.78, 5) is 2.49. The summed E-state index contributed by atoms with van der Waals surface area (Å²) in [6.45, 7) is 6.72. The summed E-state index contributed by atoms with van der Waals surface area (Å²) in [5.74, 6) is 0. The zero-order valence-corrected chi connectivity index (χ0v) is 10.1. The van der Waals surface area contributed by atoms with E-state index in [-0.39, 0.29) is 0 Å². The van der Waals surface area contributed by atoms with E-state index < -0.39 is 5.60 Å². The lowest BCUT2D eigenvalue weighted by molar-refractivity contribution is -0.0615. The van der Waals surface area contributed by atoms with Gasteiger partial charge in [0.05, 0.1) is 5.60 Å². The standard InChI is InChI=1S/C12H24N2O2/c15-12(3-9-16-10-4-12)11-13-5-8-14-6-1-2-7-14/h13,15H,1-11H2. The third-order valence-electron chi connectivity index (χ3n) is 3.68. The first-order valence-corrected chi connectivity index (χ1v) is 6.52. The second kappa shape index (κ2) is 5.96. The van der Waals surface area contributed by atoms with Crippen molar-refractivity contribution >= 4 is 0 Å². The van der Waals surface area contributed by atoms with Crippen LogP contribution >= 0.6 is 0 Å². The summed E-state index contributed by atoms with van der Waals surface area (Å²) in [6.07, 6.45) is 4.23. The molecule has 4 nitrogen and oxygen atoms in total. The summed E-state index contributed by atoms with van der Waals surface area (Å²) in [5, 5.41) is 13.6. The maximum Gasteiger partial charge on any atom is 0.0815 e. The third-order valence-corrected chi connectivity index (χ3v) is 3.68. The SMILES string of the molecule is OC1(CNCCN2CCCC2)CCOCC1. The van der Waals surface area contributed by atoms with E-state index >= 15 is 0 Å². The van der Waals surface area contributed by atoms with Gasteiger partial charge in [-0.25, -0.2) is 0 Å². The molecule has 2 heterocycles. The highest BCUT2D eigenvalue weighted by Gasteiger charge is 2.29. The zero-order chi connectivity index (χ0) is 11.3. The van der Waals surface area contributed by atoms with Crippen LogP contribution in [0.4, 0.5) is 0 Å². The van der Waals surface area contributed by atoms with E-state index in [1.807, 2.05) is 0 Å². The van der Waals surface area contributed by atoms with Crippen molar-refractivity contribution in [2.45, 2.75) is 31.3 Å². The maximum atomic E-state index is 10.2. The van der Waals surface area contributed by atoms with Gasteiger partial charge in [0.25, 0.3) is 0 Å². The molecule has 2 rings (SSSR count). The summed E-state index contributed by atoms with van der Waals surface area (Å²) < 4.78 is 5.26. The lowest BCUT2D eigenvalue weighted by Gasteiger charge is -2.32. The first-order chi connectivity index (χ1) is 7.79. The highest BCUT2D eigenvalue weighted by atomic mass is 16.5. The predicted octanol–water partition coefficient (Wildman–Crippen LogP) is 0.213. The van der Waals surface area contributed by atoms with Crippen molar-refractivity contribution in [3.8, 4) is 0 Å². The Kier molecular flexibility index (Phi) is 4.58. The quantitative estimate of drug-likeness (QED) is 0.661. The molecule has 0 radical (unpaired) electrons. The number of hydrogen-bond acceptors (Lipinski definition) is 4. The Hall–Kier alpha value is -0.160. The van der Waals surface area contributed by atoms with E-state index in [1.165, 1.54) is 25.9 Å². The minimum Gasteiger partial charge on any atom is -0.388 e. The van der Waals surface area contributed by atoms with Gasteiger partial charge in [0.15, 0.2) is 0 Å². The van der Waals surface area contributed by atoms with Gasteiger partial charge in [-0.1, -0.05) is 0 Å². The topological polar surface area (TPSA) is 44.7 Å². The lowest BCUT2D eigenvalue weighted by atomic mass is 9.94. The van der Waals surface area contributed by atoms with E-state index in [9.17, 15) is 5.11 Å². The molecule has 0 bridgehead atoms. The maximum absolute atomic E-state index is 10.2. The molecule has 0 atom stereocenters. The summed E-state index contributed by atoms with van der Waals surface area (Å²) in [6, 6.07) is 0. The van der Waals surface area contributed by atoms with Crippen LogP contribution in [0.25, 0.3) is 0 Å². The first-order valence-electron chi connectivity index (χ1n) is 6.52. The van der Waals surface area contributed by atoms with Crippen LogP contribution in [0, 0.1) is 0 Å². The van der Waals surface area contributed by atoms with E-state index in [4.69, 9.17) is 4.74 Å². The second-order valence-electron chi connectivity index (χ2n) is 5.06. The lowest BCUT2D eigenvalue weighted by Crippen LogP contribution is -2.46. The highest BCUT2D eigenvalue weighted by Crippen LogP contribution is 2.19. The van der Waals surface area contributed by atoms with Crippen molar-refractivity contribution in [2.24, 2.45) is 0 Å². The average molecular weight is 228 g/mol. The van der Waals surface area contributed by atoms with Gasteiger partial charge in [-0.2, -0.15) is 0 Å². The fraction of sp³-hybridized carbons (Fsp3) is 1.00. The fourth-order valence-corrected chi connectivity index (χ4v) is 2.49. The van der Waals surface area contributed by atoms with Crippen LogP contribution < -0.4 is 5.32 Å². The average Bonchev–Trinajstić information content (AvgIpc) is 2.78. The Labute approximate surface area is 98.0 Å². The van der Waals surface area contributed by atoms with Gasteiger partial charge in [-0.15, -0.1) is 0 Å². The molecule has 0 spiro atoms. The van der Waals surface area contributed by atoms with Crippen molar-refractivity contribution in [1.82, 2.24) is 10.2 Å².